The Morgan fingerprint density at radius 2 is 1.80 bits per heavy atom. The van der Waals surface area contributed by atoms with Crippen LogP contribution >= 0.6 is 23.2 Å². The number of halogens is 2. The van der Waals surface area contributed by atoms with Gasteiger partial charge in [-0.05, 0) is 49.7 Å². The van der Waals surface area contributed by atoms with Gasteiger partial charge in [-0.3, -0.25) is 9.69 Å². The highest BCUT2D eigenvalue weighted by molar-refractivity contribution is 6.43. The standard InChI is InChI=1S/C26H29Cl2N3O4/c1-19(32)34-18-35-25-10-8-20-7-9-21(17-23(20)29-25)33-16-3-2-11-30-12-14-31(15-13-30)24-6-4-5-22(27)26(24)28/h4-10,17H,2-3,11-16,18H2,1H3. The summed E-state index contributed by atoms with van der Waals surface area (Å²) in [5, 5.41) is 2.21. The fraction of sp³-hybridized carbons (Fsp3) is 0.385. The van der Waals surface area contributed by atoms with Crippen molar-refractivity contribution in [3.63, 3.8) is 0 Å². The number of aromatic nitrogens is 1. The van der Waals surface area contributed by atoms with Crippen LogP contribution in [0.4, 0.5) is 5.69 Å². The van der Waals surface area contributed by atoms with E-state index in [1.165, 1.54) is 6.92 Å². The van der Waals surface area contributed by atoms with Crippen LogP contribution in [0.1, 0.15) is 19.8 Å². The number of rotatable bonds is 10. The van der Waals surface area contributed by atoms with Gasteiger partial charge in [0.2, 0.25) is 12.7 Å². The number of hydrogen-bond donors (Lipinski definition) is 0. The number of esters is 1. The van der Waals surface area contributed by atoms with Crippen LogP contribution in [0.25, 0.3) is 10.9 Å². The molecule has 0 bridgehead atoms. The number of ether oxygens (including phenoxy) is 3. The molecule has 7 nitrogen and oxygen atoms in total. The molecular formula is C26H29Cl2N3O4. The summed E-state index contributed by atoms with van der Waals surface area (Å²) in [5.74, 6) is 0.772. The number of benzene rings is 2. The van der Waals surface area contributed by atoms with Crippen molar-refractivity contribution in [2.75, 3.05) is 51.0 Å². The Balaban J connectivity index is 1.17. The van der Waals surface area contributed by atoms with Gasteiger partial charge in [-0.2, -0.15) is 0 Å². The van der Waals surface area contributed by atoms with Crippen molar-refractivity contribution in [1.82, 2.24) is 9.88 Å². The number of pyridine rings is 1. The van der Waals surface area contributed by atoms with Crippen LogP contribution in [-0.2, 0) is 9.53 Å². The molecule has 1 fully saturated rings. The number of carbonyl (C=O) groups excluding carboxylic acids is 1. The number of piperazine rings is 1. The lowest BCUT2D eigenvalue weighted by atomic mass is 10.2. The molecular weight excluding hydrogens is 489 g/mol. The first-order chi connectivity index (χ1) is 17.0. The van der Waals surface area contributed by atoms with E-state index in [0.717, 1.165) is 67.9 Å². The van der Waals surface area contributed by atoms with Crippen molar-refractivity contribution in [1.29, 1.82) is 0 Å². The average molecular weight is 518 g/mol. The third-order valence-corrected chi connectivity index (χ3v) is 6.70. The summed E-state index contributed by atoms with van der Waals surface area (Å²) in [6.45, 7) is 6.74. The second kappa shape index (κ2) is 12.3. The van der Waals surface area contributed by atoms with E-state index in [-0.39, 0.29) is 6.79 Å². The SMILES string of the molecule is CC(=O)OCOc1ccc2ccc(OCCCCN3CCN(c4cccc(Cl)c4Cl)CC3)cc2n1. The zero-order valence-electron chi connectivity index (χ0n) is 19.7. The molecule has 0 N–H and O–H groups in total. The van der Waals surface area contributed by atoms with Crippen molar-refractivity contribution in [3.05, 3.63) is 58.6 Å². The highest BCUT2D eigenvalue weighted by Gasteiger charge is 2.19. The van der Waals surface area contributed by atoms with E-state index in [1.807, 2.05) is 42.5 Å². The fourth-order valence-corrected chi connectivity index (χ4v) is 4.41. The first-order valence-electron chi connectivity index (χ1n) is 11.7. The molecule has 0 radical (unpaired) electrons. The third-order valence-electron chi connectivity index (χ3n) is 5.89. The van der Waals surface area contributed by atoms with E-state index in [2.05, 4.69) is 14.8 Å². The summed E-state index contributed by atoms with van der Waals surface area (Å²) < 4.78 is 16.1. The quantitative estimate of drug-likeness (QED) is 0.202. The molecule has 1 aromatic heterocycles. The second-order valence-corrected chi connectivity index (χ2v) is 9.14. The minimum absolute atomic E-state index is 0.159. The zero-order valence-corrected chi connectivity index (χ0v) is 21.2. The minimum Gasteiger partial charge on any atom is -0.494 e. The molecule has 4 rings (SSSR count). The Bertz CT molecular complexity index is 1150. The third kappa shape index (κ3) is 7.13. The van der Waals surface area contributed by atoms with Gasteiger partial charge in [-0.15, -0.1) is 0 Å². The van der Waals surface area contributed by atoms with E-state index >= 15 is 0 Å². The first kappa shape index (κ1) is 25.4. The Morgan fingerprint density at radius 3 is 2.60 bits per heavy atom. The molecule has 1 aliphatic heterocycles. The number of carbonyl (C=O) groups is 1. The maximum Gasteiger partial charge on any atom is 0.305 e. The summed E-state index contributed by atoms with van der Waals surface area (Å²) in [6, 6.07) is 15.3. The highest BCUT2D eigenvalue weighted by Crippen LogP contribution is 2.32. The van der Waals surface area contributed by atoms with Gasteiger partial charge in [0.15, 0.2) is 0 Å². The molecule has 35 heavy (non-hydrogen) atoms. The maximum atomic E-state index is 10.9. The van der Waals surface area contributed by atoms with Crippen LogP contribution in [0, 0.1) is 0 Å². The minimum atomic E-state index is -0.397. The number of nitrogens with zero attached hydrogens (tertiary/aromatic N) is 3. The van der Waals surface area contributed by atoms with Crippen LogP contribution < -0.4 is 14.4 Å². The summed E-state index contributed by atoms with van der Waals surface area (Å²) in [5.41, 5.74) is 1.78. The second-order valence-electron chi connectivity index (χ2n) is 8.36. The molecule has 1 aliphatic rings. The van der Waals surface area contributed by atoms with Gasteiger partial charge in [0.25, 0.3) is 0 Å². The van der Waals surface area contributed by atoms with Gasteiger partial charge in [0.1, 0.15) is 5.75 Å². The Hall–Kier alpha value is -2.74. The lowest BCUT2D eigenvalue weighted by Crippen LogP contribution is -2.46. The molecule has 0 saturated carbocycles. The van der Waals surface area contributed by atoms with Crippen LogP contribution in [-0.4, -0.2) is 62.0 Å². The first-order valence-corrected chi connectivity index (χ1v) is 12.5. The van der Waals surface area contributed by atoms with Gasteiger partial charge >= 0.3 is 5.97 Å². The number of fused-ring (bicyclic) bond motifs is 1. The molecule has 0 unspecified atom stereocenters. The Kier molecular flexibility index (Phi) is 8.90. The molecule has 186 valence electrons. The van der Waals surface area contributed by atoms with Crippen LogP contribution in [0.2, 0.25) is 10.0 Å². The summed E-state index contributed by atoms with van der Waals surface area (Å²) in [4.78, 5) is 20.1. The molecule has 0 spiro atoms. The largest absolute Gasteiger partial charge is 0.494 e. The van der Waals surface area contributed by atoms with Gasteiger partial charge in [0, 0.05) is 50.6 Å². The van der Waals surface area contributed by atoms with Crippen LogP contribution in [0.5, 0.6) is 11.6 Å². The Labute approximate surface area is 215 Å². The lowest BCUT2D eigenvalue weighted by molar-refractivity contribution is -0.147. The molecule has 9 heteroatoms. The van der Waals surface area contributed by atoms with Gasteiger partial charge in [0.05, 0.1) is 27.9 Å². The molecule has 1 saturated heterocycles. The molecule has 0 atom stereocenters. The van der Waals surface area contributed by atoms with Crippen molar-refractivity contribution in [2.24, 2.45) is 0 Å². The lowest BCUT2D eigenvalue weighted by Gasteiger charge is -2.36. The summed E-state index contributed by atoms with van der Waals surface area (Å²) in [6.07, 6.45) is 2.04. The predicted molar refractivity (Wildman–Crippen MR) is 139 cm³/mol. The van der Waals surface area contributed by atoms with Crippen molar-refractivity contribution in [3.8, 4) is 11.6 Å². The van der Waals surface area contributed by atoms with Gasteiger partial charge in [-0.25, -0.2) is 4.98 Å². The predicted octanol–water partition coefficient (Wildman–Crippen LogP) is 5.42. The fourth-order valence-electron chi connectivity index (χ4n) is 4.00. The van der Waals surface area contributed by atoms with Gasteiger partial charge < -0.3 is 19.1 Å². The number of unbranched alkanes of at least 4 members (excludes halogenated alkanes) is 1. The van der Waals surface area contributed by atoms with Crippen molar-refractivity contribution in [2.45, 2.75) is 19.8 Å². The van der Waals surface area contributed by atoms with Crippen LogP contribution in [0.3, 0.4) is 0 Å². The maximum absolute atomic E-state index is 10.9. The van der Waals surface area contributed by atoms with E-state index < -0.39 is 5.97 Å². The van der Waals surface area contributed by atoms with Crippen LogP contribution in [0.15, 0.2) is 48.5 Å². The normalized spacial score (nSPS) is 14.2. The summed E-state index contributed by atoms with van der Waals surface area (Å²) in [7, 11) is 0. The molecule has 2 aromatic carbocycles. The molecule has 3 aromatic rings. The van der Waals surface area contributed by atoms with E-state index in [4.69, 9.17) is 37.4 Å². The molecule has 0 amide bonds. The van der Waals surface area contributed by atoms with Gasteiger partial charge in [-0.1, -0.05) is 29.3 Å². The average Bonchev–Trinajstić information content (AvgIpc) is 2.85. The Morgan fingerprint density at radius 1 is 1.00 bits per heavy atom. The monoisotopic (exact) mass is 517 g/mol. The van der Waals surface area contributed by atoms with Crippen molar-refractivity contribution >= 4 is 45.8 Å². The molecule has 0 aliphatic carbocycles. The zero-order chi connectivity index (χ0) is 24.6. The molecule has 2 heterocycles. The summed E-state index contributed by atoms with van der Waals surface area (Å²) >= 11 is 12.5. The highest BCUT2D eigenvalue weighted by atomic mass is 35.5. The topological polar surface area (TPSA) is 64.1 Å². The number of anilines is 1. The smallest absolute Gasteiger partial charge is 0.305 e. The van der Waals surface area contributed by atoms with E-state index in [1.54, 1.807) is 6.07 Å². The van der Waals surface area contributed by atoms with Crippen molar-refractivity contribution < 1.29 is 19.0 Å². The van der Waals surface area contributed by atoms with E-state index in [9.17, 15) is 4.79 Å². The number of hydrogen-bond acceptors (Lipinski definition) is 7. The van der Waals surface area contributed by atoms with E-state index in [0.29, 0.717) is 22.5 Å².